The van der Waals surface area contributed by atoms with Crippen LogP contribution in [0.25, 0.3) is 33.0 Å². The Hall–Kier alpha value is -4.58. The topological polar surface area (TPSA) is 353 Å². The summed E-state index contributed by atoms with van der Waals surface area (Å²) in [5.41, 5.74) is 9.00. The number of unbranched alkanes of at least 4 members (excludes halogenated alkanes) is 3. The fraction of sp³-hybridized carbons (Fsp3) is 0.486. The maximum Gasteiger partial charge on any atom is 0.487 e. The van der Waals surface area contributed by atoms with E-state index in [1.165, 1.54) is 0 Å². The first-order chi connectivity index (χ1) is 30.5. The predicted molar refractivity (Wildman–Crippen MR) is 236 cm³/mol. The molecule has 0 bridgehead atoms. The summed E-state index contributed by atoms with van der Waals surface area (Å²) < 4.78 is 55.6. The van der Waals surface area contributed by atoms with Gasteiger partial charge in [0.1, 0.15) is 24.9 Å². The summed E-state index contributed by atoms with van der Waals surface area (Å²) in [6.45, 7) is 0.348. The molecule has 1 fully saturated rings. The number of hydrogen-bond acceptors (Lipinski definition) is 18. The van der Waals surface area contributed by atoms with Gasteiger partial charge >= 0.3 is 15.6 Å². The Kier molecular flexibility index (Phi) is 15.7. The summed E-state index contributed by atoms with van der Waals surface area (Å²) in [5, 5.41) is 30.0. The highest BCUT2D eigenvalue weighted by Crippen LogP contribution is 2.65. The lowest BCUT2D eigenvalue weighted by molar-refractivity contribution is -0.645. The first-order valence-corrected chi connectivity index (χ1v) is 24.8. The molecule has 10 N–H and O–H groups in total. The normalized spacial score (nSPS) is 20.4. The van der Waals surface area contributed by atoms with Gasteiger partial charge in [-0.1, -0.05) is 12.8 Å². The molecule has 0 spiro atoms. The Morgan fingerprint density at radius 1 is 0.892 bits per heavy atom. The number of ether oxygens (including phenoxy) is 1. The maximum absolute atomic E-state index is 12.9. The first kappa shape index (κ1) is 49.8. The second-order valence-corrected chi connectivity index (χ2v) is 20.1. The number of nitrogens with zero attached hydrogens (tertiary/aromatic N) is 6. The summed E-state index contributed by atoms with van der Waals surface area (Å²) in [6, 6.07) is 15.0. The summed E-state index contributed by atoms with van der Waals surface area (Å²) >= 11 is 0. The SMILES string of the molecule is CN(C)c1ccc2cc3ccc(N(C)C)cc3[n+](CCCC(=O)NCCCCCCNc3nc4c(=O)[nH]c(N)nc4n3[C@@H]3O[C@H](COP(=O)(O)OP(=O)(O)OP(=O)([O-])O)[C@@H](O)[C@H]3O)c2c1. The zero-order valence-electron chi connectivity index (χ0n) is 35.8. The Labute approximate surface area is 371 Å². The summed E-state index contributed by atoms with van der Waals surface area (Å²) in [4.78, 5) is 79.1. The molecule has 0 aliphatic carbocycles. The molecule has 28 heteroatoms. The van der Waals surface area contributed by atoms with Crippen LogP contribution in [0.3, 0.4) is 0 Å². The second kappa shape index (κ2) is 20.5. The number of rotatable bonds is 22. The lowest BCUT2D eigenvalue weighted by Gasteiger charge is -2.21. The third-order valence-electron chi connectivity index (χ3n) is 10.4. The number of aromatic nitrogens is 5. The molecule has 3 aromatic heterocycles. The lowest BCUT2D eigenvalue weighted by atomic mass is 10.1. The molecule has 4 heterocycles. The zero-order valence-corrected chi connectivity index (χ0v) is 38.5. The van der Waals surface area contributed by atoms with Crippen molar-refractivity contribution in [1.82, 2.24) is 24.8 Å². The number of nitrogens with two attached hydrogens (primary N) is 1. The molecule has 25 nitrogen and oxygen atoms in total. The average Bonchev–Trinajstić information content (AvgIpc) is 3.70. The van der Waals surface area contributed by atoms with E-state index >= 15 is 0 Å². The number of aryl methyl sites for hydroxylation is 1. The number of imidazole rings is 1. The van der Waals surface area contributed by atoms with Crippen molar-refractivity contribution >= 4 is 85.6 Å². The van der Waals surface area contributed by atoms with Gasteiger partial charge in [-0.3, -0.25) is 28.2 Å². The second-order valence-electron chi connectivity index (χ2n) is 15.7. The van der Waals surface area contributed by atoms with Crippen LogP contribution in [-0.4, -0.2) is 117 Å². The van der Waals surface area contributed by atoms with Crippen molar-refractivity contribution in [1.29, 1.82) is 0 Å². The standard InChI is InChI=1S/C37H53N10O15P3/c1-44(2)24-13-11-22-18-23-12-14-25(45(3)4)20-27(23)46(26(22)19-24)17-9-10-29(48)39-15-7-5-6-8-16-40-37-41-30-33(42-36(38)43-34(30)51)47(37)35-32(50)31(49)28(60-35)21-59-64(55,56)62-65(57,58)61-63(52,53)54/h11-14,18-20,28,31-32,35,49-50H,5-10,15-17,21H2,1-4H3,(H8-,38,39,40,41,42,43,48,51,52,53,54,55,56,57,58)/t28-,31-,32-,35-/m1/s1. The number of phosphoric acid groups is 3. The Balaban J connectivity index is 0.996. The van der Waals surface area contributed by atoms with Crippen molar-refractivity contribution in [2.24, 2.45) is 0 Å². The molecule has 5 aromatic rings. The lowest BCUT2D eigenvalue weighted by Crippen LogP contribution is -2.37. The van der Waals surface area contributed by atoms with E-state index in [2.05, 4.69) is 95.6 Å². The van der Waals surface area contributed by atoms with Crippen LogP contribution in [0, 0.1) is 0 Å². The number of fused-ring (bicyclic) bond motifs is 3. The number of aliphatic hydroxyl groups excluding tert-OH is 2. The van der Waals surface area contributed by atoms with Gasteiger partial charge in [0.05, 0.1) is 6.61 Å². The summed E-state index contributed by atoms with van der Waals surface area (Å²) in [5.74, 6) is -0.386. The number of H-pyrrole nitrogens is 1. The van der Waals surface area contributed by atoms with Crippen LogP contribution in [0.2, 0.25) is 0 Å². The van der Waals surface area contributed by atoms with Crippen LogP contribution in [-0.2, 0) is 42.9 Å². The van der Waals surface area contributed by atoms with Crippen molar-refractivity contribution in [3.63, 3.8) is 0 Å². The molecule has 356 valence electrons. The molecule has 1 aliphatic heterocycles. The molecule has 0 saturated carbocycles. The number of amides is 1. The monoisotopic (exact) mass is 970 g/mol. The molecular formula is C37H53N10O15P3. The number of carbonyl (C=O) groups is 1. The van der Waals surface area contributed by atoms with Crippen LogP contribution in [0.1, 0.15) is 44.8 Å². The Morgan fingerprint density at radius 2 is 1.51 bits per heavy atom. The smallest absolute Gasteiger partial charge is 0.487 e. The number of hydrogen-bond donors (Lipinski definition) is 9. The van der Waals surface area contributed by atoms with Gasteiger partial charge < -0.3 is 60.7 Å². The van der Waals surface area contributed by atoms with E-state index in [1.807, 2.05) is 28.2 Å². The molecular weight excluding hydrogens is 917 g/mol. The molecule has 0 radical (unpaired) electrons. The van der Waals surface area contributed by atoms with E-state index in [0.717, 1.165) is 50.6 Å². The Bertz CT molecular complexity index is 2670. The molecule has 1 saturated heterocycles. The maximum atomic E-state index is 12.9. The van der Waals surface area contributed by atoms with E-state index in [0.29, 0.717) is 45.3 Å². The van der Waals surface area contributed by atoms with Crippen molar-refractivity contribution in [2.45, 2.75) is 69.6 Å². The third-order valence-corrected chi connectivity index (χ3v) is 14.2. The molecule has 1 aliphatic rings. The van der Waals surface area contributed by atoms with E-state index in [1.54, 1.807) is 0 Å². The van der Waals surface area contributed by atoms with E-state index < -0.39 is 60.2 Å². The predicted octanol–water partition coefficient (Wildman–Crippen LogP) is 1.33. The number of benzene rings is 2. The largest absolute Gasteiger partial charge is 0.756 e. The zero-order chi connectivity index (χ0) is 47.4. The minimum absolute atomic E-state index is 0.0276. The van der Waals surface area contributed by atoms with E-state index in [-0.39, 0.29) is 29.0 Å². The number of pyridine rings is 1. The van der Waals surface area contributed by atoms with Crippen molar-refractivity contribution in [3.8, 4) is 0 Å². The van der Waals surface area contributed by atoms with Gasteiger partial charge in [-0.15, -0.1) is 0 Å². The van der Waals surface area contributed by atoms with Crippen LogP contribution >= 0.6 is 23.5 Å². The highest BCUT2D eigenvalue weighted by molar-refractivity contribution is 7.66. The number of aromatic amines is 1. The van der Waals surface area contributed by atoms with Gasteiger partial charge in [-0.2, -0.15) is 13.9 Å². The molecule has 3 unspecified atom stereocenters. The van der Waals surface area contributed by atoms with Crippen LogP contribution in [0.4, 0.5) is 23.3 Å². The van der Waals surface area contributed by atoms with E-state index in [4.69, 9.17) is 15.4 Å². The highest BCUT2D eigenvalue weighted by atomic mass is 31.3. The summed E-state index contributed by atoms with van der Waals surface area (Å²) in [7, 11) is -9.38. The number of nitrogens with one attached hydrogen (secondary N) is 3. The quantitative estimate of drug-likeness (QED) is 0.0204. The minimum Gasteiger partial charge on any atom is -0.756 e. The van der Waals surface area contributed by atoms with Gasteiger partial charge in [0, 0.05) is 88.4 Å². The number of nitrogen functional groups attached to an aromatic ring is 1. The fourth-order valence-corrected chi connectivity index (χ4v) is 10.3. The van der Waals surface area contributed by atoms with Gasteiger partial charge in [0.15, 0.2) is 17.4 Å². The van der Waals surface area contributed by atoms with E-state index in [9.17, 15) is 48.2 Å². The molecule has 7 atom stereocenters. The number of aliphatic hydroxyl groups is 2. The fourth-order valence-electron chi connectivity index (χ4n) is 7.30. The Morgan fingerprint density at radius 3 is 2.11 bits per heavy atom. The van der Waals surface area contributed by atoms with Crippen LogP contribution in [0.5, 0.6) is 0 Å². The minimum atomic E-state index is -5.89. The van der Waals surface area contributed by atoms with Crippen LogP contribution < -0.4 is 41.2 Å². The van der Waals surface area contributed by atoms with Gasteiger partial charge in [0.25, 0.3) is 13.4 Å². The van der Waals surface area contributed by atoms with Crippen molar-refractivity contribution in [3.05, 3.63) is 52.8 Å². The van der Waals surface area contributed by atoms with Gasteiger partial charge in [-0.05, 0) is 43.2 Å². The highest BCUT2D eigenvalue weighted by Gasteiger charge is 2.47. The van der Waals surface area contributed by atoms with Crippen molar-refractivity contribution < 1.29 is 70.7 Å². The summed E-state index contributed by atoms with van der Waals surface area (Å²) in [6.07, 6.45) is -3.07. The number of carbonyl (C=O) groups excluding carboxylic acids is 1. The van der Waals surface area contributed by atoms with Gasteiger partial charge in [-0.25, -0.2) is 18.4 Å². The van der Waals surface area contributed by atoms with Gasteiger partial charge in [0.2, 0.25) is 28.8 Å². The average molecular weight is 971 g/mol. The first-order valence-electron chi connectivity index (χ1n) is 20.3. The van der Waals surface area contributed by atoms with Crippen molar-refractivity contribution in [2.75, 3.05) is 68.7 Å². The number of anilines is 4. The third kappa shape index (κ3) is 12.7. The molecule has 6 rings (SSSR count). The van der Waals surface area contributed by atoms with Crippen LogP contribution in [0.15, 0.2) is 47.3 Å². The molecule has 1 amide bonds. The molecule has 2 aromatic carbocycles. The number of phosphoric ester groups is 1. The molecule has 65 heavy (non-hydrogen) atoms.